The van der Waals surface area contributed by atoms with E-state index in [9.17, 15) is 4.79 Å². The molecule has 0 spiro atoms. The van der Waals surface area contributed by atoms with Crippen molar-refractivity contribution in [2.45, 2.75) is 26.8 Å². The molecule has 3 aromatic heterocycles. The first-order chi connectivity index (χ1) is 13.5. The Morgan fingerprint density at radius 1 is 1.11 bits per heavy atom. The smallest absolute Gasteiger partial charge is 0.263 e. The maximum absolute atomic E-state index is 13.1. The fourth-order valence-corrected chi connectivity index (χ4v) is 4.28. The van der Waals surface area contributed by atoms with Crippen molar-refractivity contribution in [2.75, 3.05) is 0 Å². The van der Waals surface area contributed by atoms with Crippen LogP contribution in [-0.2, 0) is 7.05 Å². The van der Waals surface area contributed by atoms with Crippen LogP contribution in [0.3, 0.4) is 0 Å². The minimum absolute atomic E-state index is 0.112. The zero-order valence-electron chi connectivity index (χ0n) is 16.4. The lowest BCUT2D eigenvalue weighted by Crippen LogP contribution is -2.33. The van der Waals surface area contributed by atoms with Crippen LogP contribution in [-0.4, -0.2) is 25.0 Å². The summed E-state index contributed by atoms with van der Waals surface area (Å²) < 4.78 is 3.98. The van der Waals surface area contributed by atoms with E-state index in [2.05, 4.69) is 28.7 Å². The van der Waals surface area contributed by atoms with Gasteiger partial charge in [0.05, 0.1) is 22.8 Å². The molecule has 0 saturated heterocycles. The molecule has 1 N–H and O–H groups in total. The first kappa shape index (κ1) is 18.4. The fraction of sp³-hybridized carbons (Fsp3) is 0.286. The predicted molar refractivity (Wildman–Crippen MR) is 112 cm³/mol. The number of hydrogen-bond acceptors (Lipinski definition) is 4. The molecule has 1 aromatic carbocycles. The van der Waals surface area contributed by atoms with Crippen LogP contribution in [0.4, 0.5) is 0 Å². The summed E-state index contributed by atoms with van der Waals surface area (Å²) in [5.41, 5.74) is 2.73. The minimum atomic E-state index is -0.193. The number of fused-ring (bicyclic) bond motifs is 1. The second-order valence-electron chi connectivity index (χ2n) is 7.21. The largest absolute Gasteiger partial charge is 0.341 e. The minimum Gasteiger partial charge on any atom is -0.341 e. The molecular formula is C21H23N5OS. The molecule has 0 fully saturated rings. The summed E-state index contributed by atoms with van der Waals surface area (Å²) in [6.45, 7) is 6.06. The topological polar surface area (TPSA) is 64.7 Å². The third kappa shape index (κ3) is 3.22. The molecule has 1 atom stereocenters. The van der Waals surface area contributed by atoms with E-state index in [1.54, 1.807) is 0 Å². The van der Waals surface area contributed by atoms with Gasteiger partial charge in [-0.2, -0.15) is 0 Å². The van der Waals surface area contributed by atoms with Crippen molar-refractivity contribution in [3.8, 4) is 5.13 Å². The summed E-state index contributed by atoms with van der Waals surface area (Å²) in [6, 6.07) is 11.7. The number of carbonyl (C=O) groups is 1. The number of aryl methyl sites for hydroxylation is 2. The van der Waals surface area contributed by atoms with Gasteiger partial charge in [-0.25, -0.2) is 9.97 Å². The predicted octanol–water partition coefficient (Wildman–Crippen LogP) is 4.26. The van der Waals surface area contributed by atoms with Crippen LogP contribution < -0.4 is 5.32 Å². The molecule has 1 amide bonds. The molecule has 0 saturated carbocycles. The van der Waals surface area contributed by atoms with E-state index in [1.165, 1.54) is 11.3 Å². The molecule has 4 rings (SSSR count). The van der Waals surface area contributed by atoms with Gasteiger partial charge in [-0.05, 0) is 37.1 Å². The summed E-state index contributed by atoms with van der Waals surface area (Å²) in [5, 5.41) is 3.98. The highest BCUT2D eigenvalue weighted by molar-refractivity contribution is 7.16. The lowest BCUT2D eigenvalue weighted by atomic mass is 10.0. The molecule has 1 unspecified atom stereocenters. The normalized spacial score (nSPS) is 12.6. The van der Waals surface area contributed by atoms with Gasteiger partial charge in [0.1, 0.15) is 10.7 Å². The Bertz CT molecular complexity index is 1120. The molecule has 0 aliphatic rings. The first-order valence-corrected chi connectivity index (χ1v) is 10.1. The van der Waals surface area contributed by atoms with E-state index < -0.39 is 0 Å². The van der Waals surface area contributed by atoms with E-state index in [0.717, 1.165) is 27.7 Å². The number of rotatable bonds is 5. The maximum Gasteiger partial charge on any atom is 0.263 e. The van der Waals surface area contributed by atoms with Crippen LogP contribution in [0.1, 0.15) is 41.1 Å². The number of nitrogens with one attached hydrogen (secondary N) is 1. The molecule has 7 heteroatoms. The number of carbonyl (C=O) groups excluding carboxylic acids is 1. The highest BCUT2D eigenvalue weighted by Gasteiger charge is 2.26. The zero-order valence-corrected chi connectivity index (χ0v) is 17.2. The summed E-state index contributed by atoms with van der Waals surface area (Å²) in [4.78, 5) is 23.0. The third-order valence-electron chi connectivity index (χ3n) is 4.87. The molecule has 0 aliphatic heterocycles. The quantitative estimate of drug-likeness (QED) is 0.551. The van der Waals surface area contributed by atoms with Gasteiger partial charge in [0, 0.05) is 19.4 Å². The van der Waals surface area contributed by atoms with Crippen LogP contribution in [0.5, 0.6) is 0 Å². The van der Waals surface area contributed by atoms with E-state index in [1.807, 2.05) is 67.3 Å². The second-order valence-corrected chi connectivity index (χ2v) is 8.19. The Morgan fingerprint density at radius 2 is 1.82 bits per heavy atom. The summed E-state index contributed by atoms with van der Waals surface area (Å²) in [5.74, 6) is 0.938. The van der Waals surface area contributed by atoms with E-state index >= 15 is 0 Å². The van der Waals surface area contributed by atoms with Gasteiger partial charge >= 0.3 is 0 Å². The standard InChI is InChI=1S/C21H23N5OS/c1-13(2)17(19-23-15-9-5-6-10-16(15)25(19)4)24-20(27)18-14(3)22-21(28-18)26-11-7-8-12-26/h5-13,17H,1-4H3,(H,24,27). The number of aromatic nitrogens is 4. The Kier molecular flexibility index (Phi) is 4.77. The number of amides is 1. The van der Waals surface area contributed by atoms with Crippen molar-refractivity contribution in [3.05, 3.63) is 65.2 Å². The average Bonchev–Trinajstić information content (AvgIpc) is 3.39. The van der Waals surface area contributed by atoms with Crippen LogP contribution >= 0.6 is 11.3 Å². The SMILES string of the molecule is Cc1nc(-n2cccc2)sc1C(=O)NC(c1nc2ccccc2n1C)C(C)C. The number of imidazole rings is 1. The van der Waals surface area contributed by atoms with Crippen LogP contribution in [0.15, 0.2) is 48.8 Å². The summed E-state index contributed by atoms with van der Waals surface area (Å²) >= 11 is 1.40. The van der Waals surface area contributed by atoms with Crippen molar-refractivity contribution in [1.82, 2.24) is 24.4 Å². The number of hydrogen-bond donors (Lipinski definition) is 1. The van der Waals surface area contributed by atoms with Crippen molar-refractivity contribution >= 4 is 28.3 Å². The monoisotopic (exact) mass is 393 g/mol. The second kappa shape index (κ2) is 7.24. The molecule has 0 bridgehead atoms. The van der Waals surface area contributed by atoms with E-state index in [-0.39, 0.29) is 17.9 Å². The van der Waals surface area contributed by atoms with Crippen molar-refractivity contribution < 1.29 is 4.79 Å². The lowest BCUT2D eigenvalue weighted by molar-refractivity contribution is 0.0926. The molecule has 0 radical (unpaired) electrons. The Labute approximate surface area is 167 Å². The number of nitrogens with zero attached hydrogens (tertiary/aromatic N) is 4. The Morgan fingerprint density at radius 3 is 2.50 bits per heavy atom. The highest BCUT2D eigenvalue weighted by atomic mass is 32.1. The van der Waals surface area contributed by atoms with Gasteiger partial charge in [-0.1, -0.05) is 37.3 Å². The lowest BCUT2D eigenvalue weighted by Gasteiger charge is -2.22. The third-order valence-corrected chi connectivity index (χ3v) is 6.04. The van der Waals surface area contributed by atoms with Crippen LogP contribution in [0.25, 0.3) is 16.2 Å². The van der Waals surface area contributed by atoms with Gasteiger partial charge < -0.3 is 14.5 Å². The highest BCUT2D eigenvalue weighted by Crippen LogP contribution is 2.27. The molecule has 28 heavy (non-hydrogen) atoms. The Balaban J connectivity index is 1.65. The number of para-hydroxylation sites is 2. The van der Waals surface area contributed by atoms with E-state index in [4.69, 9.17) is 4.98 Å². The number of thiazole rings is 1. The summed E-state index contributed by atoms with van der Waals surface area (Å²) in [7, 11) is 1.99. The Hall–Kier alpha value is -2.93. The zero-order chi connectivity index (χ0) is 19.8. The molecule has 3 heterocycles. The molecule has 144 valence electrons. The van der Waals surface area contributed by atoms with Crippen LogP contribution in [0, 0.1) is 12.8 Å². The van der Waals surface area contributed by atoms with E-state index in [0.29, 0.717) is 4.88 Å². The fourth-order valence-electron chi connectivity index (χ4n) is 3.34. The maximum atomic E-state index is 13.1. The van der Waals surface area contributed by atoms with Crippen molar-refractivity contribution in [1.29, 1.82) is 0 Å². The van der Waals surface area contributed by atoms with Crippen molar-refractivity contribution in [3.63, 3.8) is 0 Å². The molecule has 4 aromatic rings. The van der Waals surface area contributed by atoms with Gasteiger partial charge in [0.25, 0.3) is 5.91 Å². The van der Waals surface area contributed by atoms with Gasteiger partial charge in [0.15, 0.2) is 5.13 Å². The molecule has 0 aliphatic carbocycles. The average molecular weight is 394 g/mol. The summed E-state index contributed by atoms with van der Waals surface area (Å²) in [6.07, 6.45) is 3.85. The van der Waals surface area contributed by atoms with Gasteiger partial charge in [-0.15, -0.1) is 0 Å². The molecular weight excluding hydrogens is 370 g/mol. The molecule has 6 nitrogen and oxygen atoms in total. The van der Waals surface area contributed by atoms with Gasteiger partial charge in [0.2, 0.25) is 0 Å². The first-order valence-electron chi connectivity index (χ1n) is 9.28. The van der Waals surface area contributed by atoms with Crippen molar-refractivity contribution in [2.24, 2.45) is 13.0 Å². The number of benzene rings is 1. The van der Waals surface area contributed by atoms with Crippen LogP contribution in [0.2, 0.25) is 0 Å². The van der Waals surface area contributed by atoms with Gasteiger partial charge in [-0.3, -0.25) is 4.79 Å².